The van der Waals surface area contributed by atoms with Crippen LogP contribution in [0.3, 0.4) is 0 Å². The minimum Gasteiger partial charge on any atom is -0.497 e. The number of benzene rings is 2. The maximum atomic E-state index is 5.40. The summed E-state index contributed by atoms with van der Waals surface area (Å²) < 4.78 is 10.6. The van der Waals surface area contributed by atoms with E-state index in [4.69, 9.17) is 9.47 Å². The van der Waals surface area contributed by atoms with Gasteiger partial charge in [-0.15, -0.1) is 0 Å². The Hall–Kier alpha value is -2.08. The number of hydrazine groups is 1. The lowest BCUT2D eigenvalue weighted by Gasteiger charge is -2.20. The third-order valence-corrected chi connectivity index (χ3v) is 4.48. The average Bonchev–Trinajstić information content (AvgIpc) is 3.10. The van der Waals surface area contributed by atoms with Crippen LogP contribution >= 0.6 is 0 Å². The molecule has 1 saturated heterocycles. The second-order valence-corrected chi connectivity index (χ2v) is 5.98. The van der Waals surface area contributed by atoms with Gasteiger partial charge in [0.15, 0.2) is 0 Å². The monoisotopic (exact) mass is 327 g/mol. The van der Waals surface area contributed by atoms with E-state index in [0.717, 1.165) is 31.1 Å². The summed E-state index contributed by atoms with van der Waals surface area (Å²) in [6.07, 6.45) is 0. The van der Waals surface area contributed by atoms with E-state index in [2.05, 4.69) is 34.4 Å². The van der Waals surface area contributed by atoms with Crippen LogP contribution in [0.1, 0.15) is 17.2 Å². The van der Waals surface area contributed by atoms with Crippen LogP contribution in [0, 0.1) is 5.92 Å². The Morgan fingerprint density at radius 3 is 2.58 bits per heavy atom. The van der Waals surface area contributed by atoms with Crippen LogP contribution < -0.4 is 25.6 Å². The minimum atomic E-state index is 0.293. The highest BCUT2D eigenvalue weighted by Gasteiger charge is 2.27. The van der Waals surface area contributed by atoms with Crippen LogP contribution in [0.25, 0.3) is 0 Å². The fourth-order valence-corrected chi connectivity index (χ4v) is 3.13. The van der Waals surface area contributed by atoms with E-state index in [1.54, 1.807) is 14.2 Å². The number of methoxy groups -OCH3 is 2. The molecule has 0 spiro atoms. The fourth-order valence-electron chi connectivity index (χ4n) is 3.13. The van der Waals surface area contributed by atoms with Crippen LogP contribution in [0.15, 0.2) is 48.5 Å². The van der Waals surface area contributed by atoms with E-state index in [1.807, 2.05) is 30.3 Å². The second-order valence-electron chi connectivity index (χ2n) is 5.98. The third-order valence-electron chi connectivity index (χ3n) is 4.48. The van der Waals surface area contributed by atoms with Crippen molar-refractivity contribution < 1.29 is 9.47 Å². The SMILES string of the molecule is COc1ccc(C2NNCC2CNCc2ccccc2OC)cc1. The summed E-state index contributed by atoms with van der Waals surface area (Å²) >= 11 is 0. The number of nitrogens with one attached hydrogen (secondary N) is 3. The molecule has 5 nitrogen and oxygen atoms in total. The molecule has 24 heavy (non-hydrogen) atoms. The summed E-state index contributed by atoms with van der Waals surface area (Å²) in [7, 11) is 3.40. The number of rotatable bonds is 7. The molecule has 0 radical (unpaired) electrons. The van der Waals surface area contributed by atoms with Crippen molar-refractivity contribution in [3.05, 3.63) is 59.7 Å². The van der Waals surface area contributed by atoms with Crippen molar-refractivity contribution in [3.63, 3.8) is 0 Å². The maximum absolute atomic E-state index is 5.40. The van der Waals surface area contributed by atoms with Gasteiger partial charge in [0.05, 0.1) is 20.3 Å². The summed E-state index contributed by atoms with van der Waals surface area (Å²) in [6.45, 7) is 2.67. The molecule has 0 saturated carbocycles. The van der Waals surface area contributed by atoms with Gasteiger partial charge in [0.25, 0.3) is 0 Å². The van der Waals surface area contributed by atoms with Crippen molar-refractivity contribution in [3.8, 4) is 11.5 Å². The Balaban J connectivity index is 1.57. The van der Waals surface area contributed by atoms with Gasteiger partial charge >= 0.3 is 0 Å². The van der Waals surface area contributed by atoms with E-state index in [0.29, 0.717) is 12.0 Å². The molecule has 0 amide bonds. The van der Waals surface area contributed by atoms with Crippen LogP contribution in [-0.4, -0.2) is 27.3 Å². The number of hydrogen-bond donors (Lipinski definition) is 3. The molecule has 128 valence electrons. The molecule has 2 aromatic carbocycles. The first-order valence-electron chi connectivity index (χ1n) is 8.26. The van der Waals surface area contributed by atoms with E-state index in [-0.39, 0.29) is 0 Å². The van der Waals surface area contributed by atoms with E-state index >= 15 is 0 Å². The molecule has 1 heterocycles. The third kappa shape index (κ3) is 3.87. The minimum absolute atomic E-state index is 0.293. The molecule has 0 aromatic heterocycles. The van der Waals surface area contributed by atoms with E-state index in [9.17, 15) is 0 Å². The molecule has 1 aliphatic rings. The summed E-state index contributed by atoms with van der Waals surface area (Å²) in [5.74, 6) is 2.29. The van der Waals surface area contributed by atoms with Crippen molar-refractivity contribution in [2.45, 2.75) is 12.6 Å². The van der Waals surface area contributed by atoms with E-state index < -0.39 is 0 Å². The van der Waals surface area contributed by atoms with Crippen molar-refractivity contribution >= 4 is 0 Å². The quantitative estimate of drug-likeness (QED) is 0.728. The second kappa shape index (κ2) is 8.15. The number of hydrogen-bond acceptors (Lipinski definition) is 5. The lowest BCUT2D eigenvalue weighted by Crippen LogP contribution is -2.28. The van der Waals surface area contributed by atoms with Gasteiger partial charge in [-0.05, 0) is 23.8 Å². The van der Waals surface area contributed by atoms with Gasteiger partial charge in [-0.25, -0.2) is 5.43 Å². The zero-order chi connectivity index (χ0) is 16.8. The topological polar surface area (TPSA) is 54.5 Å². The van der Waals surface area contributed by atoms with Gasteiger partial charge in [-0.3, -0.25) is 5.43 Å². The Kier molecular flexibility index (Phi) is 5.69. The maximum Gasteiger partial charge on any atom is 0.123 e. The summed E-state index contributed by atoms with van der Waals surface area (Å²) in [5, 5.41) is 3.56. The van der Waals surface area contributed by atoms with Gasteiger partial charge in [0, 0.05) is 31.1 Å². The van der Waals surface area contributed by atoms with Gasteiger partial charge in [0.2, 0.25) is 0 Å². The highest BCUT2D eigenvalue weighted by molar-refractivity contribution is 5.33. The molecular weight excluding hydrogens is 302 g/mol. The first kappa shape index (κ1) is 16.8. The summed E-state index contributed by atoms with van der Waals surface area (Å²) in [5.41, 5.74) is 9.10. The highest BCUT2D eigenvalue weighted by Crippen LogP contribution is 2.26. The van der Waals surface area contributed by atoms with Gasteiger partial charge in [0.1, 0.15) is 11.5 Å². The van der Waals surface area contributed by atoms with Gasteiger partial charge < -0.3 is 14.8 Å². The van der Waals surface area contributed by atoms with Crippen LogP contribution in [0.4, 0.5) is 0 Å². The first-order chi connectivity index (χ1) is 11.8. The number of para-hydroxylation sites is 1. The molecule has 1 fully saturated rings. The van der Waals surface area contributed by atoms with Crippen LogP contribution in [0.5, 0.6) is 11.5 Å². The highest BCUT2D eigenvalue weighted by atomic mass is 16.5. The molecule has 3 N–H and O–H groups in total. The molecule has 0 bridgehead atoms. The van der Waals surface area contributed by atoms with Crippen LogP contribution in [-0.2, 0) is 6.54 Å². The molecule has 1 aliphatic heterocycles. The fraction of sp³-hybridized carbons (Fsp3) is 0.368. The Morgan fingerprint density at radius 2 is 1.83 bits per heavy atom. The Labute approximate surface area is 143 Å². The molecule has 2 aromatic rings. The first-order valence-corrected chi connectivity index (χ1v) is 8.26. The molecule has 2 unspecified atom stereocenters. The molecule has 5 heteroatoms. The average molecular weight is 327 g/mol. The lowest BCUT2D eigenvalue weighted by atomic mass is 9.95. The zero-order valence-corrected chi connectivity index (χ0v) is 14.2. The van der Waals surface area contributed by atoms with Gasteiger partial charge in [-0.1, -0.05) is 30.3 Å². The Bertz CT molecular complexity index is 645. The van der Waals surface area contributed by atoms with Gasteiger partial charge in [-0.2, -0.15) is 0 Å². The standard InChI is InChI=1S/C19H25N3O2/c1-23-17-9-7-14(8-10-17)19-16(13-21-22-19)12-20-11-15-5-3-4-6-18(15)24-2/h3-10,16,19-22H,11-13H2,1-2H3. The predicted octanol–water partition coefficient (Wildman–Crippen LogP) is 2.26. The van der Waals surface area contributed by atoms with Crippen molar-refractivity contribution in [1.29, 1.82) is 0 Å². The molecule has 2 atom stereocenters. The predicted molar refractivity (Wildman–Crippen MR) is 95.1 cm³/mol. The van der Waals surface area contributed by atoms with Crippen LogP contribution in [0.2, 0.25) is 0 Å². The van der Waals surface area contributed by atoms with Crippen molar-refractivity contribution in [1.82, 2.24) is 16.2 Å². The molecular formula is C19H25N3O2. The summed E-state index contributed by atoms with van der Waals surface area (Å²) in [4.78, 5) is 0. The largest absolute Gasteiger partial charge is 0.497 e. The lowest BCUT2D eigenvalue weighted by molar-refractivity contribution is 0.402. The summed E-state index contributed by atoms with van der Waals surface area (Å²) in [6, 6.07) is 16.7. The van der Waals surface area contributed by atoms with Crippen molar-refractivity contribution in [2.24, 2.45) is 5.92 Å². The number of ether oxygens (including phenoxy) is 2. The van der Waals surface area contributed by atoms with E-state index in [1.165, 1.54) is 11.1 Å². The zero-order valence-electron chi connectivity index (χ0n) is 14.2. The smallest absolute Gasteiger partial charge is 0.123 e. The molecule has 3 rings (SSSR count). The van der Waals surface area contributed by atoms with Crippen molar-refractivity contribution in [2.75, 3.05) is 27.3 Å². The molecule has 0 aliphatic carbocycles. The normalized spacial score (nSPS) is 20.1. The Morgan fingerprint density at radius 1 is 1.04 bits per heavy atom.